The third-order valence-corrected chi connectivity index (χ3v) is 4.91. The van der Waals surface area contributed by atoms with Crippen molar-refractivity contribution in [1.82, 2.24) is 5.16 Å². The van der Waals surface area contributed by atoms with Crippen LogP contribution >= 0.6 is 0 Å². The minimum absolute atomic E-state index is 0.0382. The normalized spacial score (nSPS) is 17.2. The fourth-order valence-electron chi connectivity index (χ4n) is 2.11. The van der Waals surface area contributed by atoms with E-state index in [1.54, 1.807) is 24.3 Å². The standard InChI is InChI=1S/C13H14N2O5S/c1-18-12-4-8(11-5-13(14)15-20-11)2-3-10(12)19-9-6-21(16,17)7-9/h2-5,9H,6-7H2,1H3,(H2,14,15). The summed E-state index contributed by atoms with van der Waals surface area (Å²) in [6.45, 7) is 0. The van der Waals surface area contributed by atoms with E-state index in [4.69, 9.17) is 19.7 Å². The number of nitrogen functional groups attached to an aromatic ring is 1. The number of rotatable bonds is 4. The van der Waals surface area contributed by atoms with Gasteiger partial charge in [0.15, 0.2) is 32.9 Å². The molecule has 1 fully saturated rings. The molecule has 0 atom stereocenters. The molecule has 1 saturated heterocycles. The maximum atomic E-state index is 11.1. The van der Waals surface area contributed by atoms with Crippen molar-refractivity contribution in [2.45, 2.75) is 6.10 Å². The predicted molar refractivity (Wildman–Crippen MR) is 76.0 cm³/mol. The Hall–Kier alpha value is -2.22. The molecule has 0 unspecified atom stereocenters. The molecule has 7 nitrogen and oxygen atoms in total. The molecule has 2 aromatic rings. The van der Waals surface area contributed by atoms with E-state index in [1.165, 1.54) is 7.11 Å². The summed E-state index contributed by atoms with van der Waals surface area (Å²) in [7, 11) is -1.41. The summed E-state index contributed by atoms with van der Waals surface area (Å²) in [5.41, 5.74) is 6.26. The molecule has 0 spiro atoms. The van der Waals surface area contributed by atoms with Gasteiger partial charge >= 0.3 is 0 Å². The highest BCUT2D eigenvalue weighted by atomic mass is 32.2. The summed E-state index contributed by atoms with van der Waals surface area (Å²) in [6.07, 6.45) is -0.323. The quantitative estimate of drug-likeness (QED) is 0.901. The second-order valence-electron chi connectivity index (χ2n) is 4.80. The highest BCUT2D eigenvalue weighted by Crippen LogP contribution is 2.34. The first-order valence-electron chi connectivity index (χ1n) is 6.24. The lowest BCUT2D eigenvalue weighted by molar-refractivity contribution is 0.219. The fraction of sp³-hybridized carbons (Fsp3) is 0.308. The molecule has 21 heavy (non-hydrogen) atoms. The van der Waals surface area contributed by atoms with E-state index < -0.39 is 9.84 Å². The smallest absolute Gasteiger partial charge is 0.169 e. The monoisotopic (exact) mass is 310 g/mol. The molecule has 2 heterocycles. The Kier molecular flexibility index (Phi) is 3.25. The molecular weight excluding hydrogens is 296 g/mol. The van der Waals surface area contributed by atoms with Crippen molar-refractivity contribution in [3.05, 3.63) is 24.3 Å². The fourth-order valence-corrected chi connectivity index (χ4v) is 3.28. The number of benzene rings is 1. The molecule has 0 amide bonds. The van der Waals surface area contributed by atoms with E-state index in [2.05, 4.69) is 5.16 Å². The SMILES string of the molecule is COc1cc(-c2cc(N)no2)ccc1OC1CS(=O)(=O)C1. The minimum Gasteiger partial charge on any atom is -0.493 e. The molecule has 0 bridgehead atoms. The zero-order valence-corrected chi connectivity index (χ0v) is 12.1. The van der Waals surface area contributed by atoms with Gasteiger partial charge in [0.2, 0.25) is 0 Å². The van der Waals surface area contributed by atoms with E-state index in [0.29, 0.717) is 23.1 Å². The summed E-state index contributed by atoms with van der Waals surface area (Å²) in [5, 5.41) is 3.62. The zero-order chi connectivity index (χ0) is 15.0. The first-order valence-corrected chi connectivity index (χ1v) is 8.07. The molecule has 1 aromatic heterocycles. The summed E-state index contributed by atoms with van der Waals surface area (Å²) < 4.78 is 38.3. The molecule has 112 valence electrons. The second-order valence-corrected chi connectivity index (χ2v) is 6.95. The third-order valence-electron chi connectivity index (χ3n) is 3.15. The van der Waals surface area contributed by atoms with Gasteiger partial charge in [0.1, 0.15) is 6.10 Å². The second kappa shape index (κ2) is 4.96. The summed E-state index contributed by atoms with van der Waals surface area (Å²) >= 11 is 0. The highest BCUT2D eigenvalue weighted by molar-refractivity contribution is 7.92. The number of nitrogens with two attached hydrogens (primary N) is 1. The van der Waals surface area contributed by atoms with E-state index in [1.807, 2.05) is 0 Å². The van der Waals surface area contributed by atoms with E-state index in [0.717, 1.165) is 5.56 Å². The van der Waals surface area contributed by atoms with Crippen molar-refractivity contribution in [3.8, 4) is 22.8 Å². The van der Waals surface area contributed by atoms with Crippen LogP contribution in [-0.4, -0.2) is 38.3 Å². The molecule has 1 aromatic carbocycles. The number of hydrogen-bond acceptors (Lipinski definition) is 7. The molecule has 0 radical (unpaired) electrons. The van der Waals surface area contributed by atoms with Gasteiger partial charge in [0.25, 0.3) is 0 Å². The molecule has 1 aliphatic rings. The summed E-state index contributed by atoms with van der Waals surface area (Å²) in [4.78, 5) is 0. The van der Waals surface area contributed by atoms with Crippen molar-refractivity contribution < 1.29 is 22.4 Å². The van der Waals surface area contributed by atoms with E-state index >= 15 is 0 Å². The van der Waals surface area contributed by atoms with Crippen LogP contribution in [0.3, 0.4) is 0 Å². The minimum atomic E-state index is -2.92. The van der Waals surface area contributed by atoms with Gasteiger partial charge in [-0.25, -0.2) is 8.42 Å². The van der Waals surface area contributed by atoms with Gasteiger partial charge in [-0.1, -0.05) is 5.16 Å². The Morgan fingerprint density at radius 2 is 2.05 bits per heavy atom. The number of methoxy groups -OCH3 is 1. The predicted octanol–water partition coefficient (Wildman–Crippen LogP) is 1.11. The molecule has 0 saturated carbocycles. The lowest BCUT2D eigenvalue weighted by atomic mass is 10.1. The molecule has 8 heteroatoms. The first-order chi connectivity index (χ1) is 9.97. The molecule has 0 aliphatic carbocycles. The summed E-state index contributed by atoms with van der Waals surface area (Å²) in [6, 6.07) is 6.80. The number of anilines is 1. The van der Waals surface area contributed by atoms with Crippen molar-refractivity contribution in [2.24, 2.45) is 0 Å². The Labute approximate surface area is 121 Å². The molecular formula is C13H14N2O5S. The number of nitrogens with zero attached hydrogens (tertiary/aromatic N) is 1. The van der Waals surface area contributed by atoms with Gasteiger partial charge in [-0.3, -0.25) is 0 Å². The highest BCUT2D eigenvalue weighted by Gasteiger charge is 2.35. The van der Waals surface area contributed by atoms with Crippen molar-refractivity contribution >= 4 is 15.7 Å². The Bertz CT molecular complexity index is 757. The van der Waals surface area contributed by atoms with Crippen LogP contribution in [0.2, 0.25) is 0 Å². The van der Waals surface area contributed by atoms with Gasteiger partial charge < -0.3 is 19.7 Å². The maximum Gasteiger partial charge on any atom is 0.169 e. The van der Waals surface area contributed by atoms with Gasteiger partial charge in [-0.2, -0.15) is 0 Å². The lowest BCUT2D eigenvalue weighted by Gasteiger charge is -2.27. The maximum absolute atomic E-state index is 11.1. The van der Waals surface area contributed by atoms with Crippen LogP contribution in [0.15, 0.2) is 28.8 Å². The van der Waals surface area contributed by atoms with Gasteiger partial charge in [0, 0.05) is 11.6 Å². The van der Waals surface area contributed by atoms with E-state index in [9.17, 15) is 8.42 Å². The molecule has 2 N–H and O–H groups in total. The van der Waals surface area contributed by atoms with Crippen molar-refractivity contribution in [2.75, 3.05) is 24.3 Å². The van der Waals surface area contributed by atoms with Crippen molar-refractivity contribution in [3.63, 3.8) is 0 Å². The summed E-state index contributed by atoms with van der Waals surface area (Å²) in [5.74, 6) is 1.88. The number of sulfone groups is 1. The van der Waals surface area contributed by atoms with Crippen LogP contribution in [0.4, 0.5) is 5.82 Å². The van der Waals surface area contributed by atoms with Crippen LogP contribution in [0, 0.1) is 0 Å². The number of ether oxygens (including phenoxy) is 2. The van der Waals surface area contributed by atoms with E-state index in [-0.39, 0.29) is 17.6 Å². The topological polar surface area (TPSA) is 105 Å². The van der Waals surface area contributed by atoms with Crippen LogP contribution in [0.1, 0.15) is 0 Å². The zero-order valence-electron chi connectivity index (χ0n) is 11.3. The van der Waals surface area contributed by atoms with Gasteiger partial charge in [-0.15, -0.1) is 0 Å². The van der Waals surface area contributed by atoms with Crippen LogP contribution in [0.5, 0.6) is 11.5 Å². The molecule has 1 aliphatic heterocycles. The Morgan fingerprint density at radius 3 is 2.62 bits per heavy atom. The van der Waals surface area contributed by atoms with Crippen LogP contribution in [0.25, 0.3) is 11.3 Å². The van der Waals surface area contributed by atoms with Gasteiger partial charge in [0.05, 0.1) is 18.6 Å². The largest absolute Gasteiger partial charge is 0.493 e. The average Bonchev–Trinajstić information content (AvgIpc) is 2.84. The average molecular weight is 310 g/mol. The first kappa shape index (κ1) is 13.7. The van der Waals surface area contributed by atoms with Crippen LogP contribution in [-0.2, 0) is 9.84 Å². The Balaban J connectivity index is 1.82. The van der Waals surface area contributed by atoms with Crippen LogP contribution < -0.4 is 15.2 Å². The van der Waals surface area contributed by atoms with Crippen molar-refractivity contribution in [1.29, 1.82) is 0 Å². The Morgan fingerprint density at radius 1 is 1.29 bits per heavy atom. The molecule has 3 rings (SSSR count). The third kappa shape index (κ3) is 2.80. The number of hydrogen-bond donors (Lipinski definition) is 1. The lowest BCUT2D eigenvalue weighted by Crippen LogP contribution is -2.45. The number of aromatic nitrogens is 1. The van der Waals surface area contributed by atoms with Gasteiger partial charge in [-0.05, 0) is 18.2 Å².